The van der Waals surface area contributed by atoms with Crippen molar-refractivity contribution in [3.05, 3.63) is 29.8 Å². The van der Waals surface area contributed by atoms with Crippen molar-refractivity contribution in [1.29, 1.82) is 0 Å². The maximum atomic E-state index is 12.5. The molecule has 2 unspecified atom stereocenters. The van der Waals surface area contributed by atoms with Gasteiger partial charge in [0.2, 0.25) is 11.8 Å². The van der Waals surface area contributed by atoms with Gasteiger partial charge in [-0.25, -0.2) is 0 Å². The average Bonchev–Trinajstić information content (AvgIpc) is 3.01. The molecule has 3 rings (SSSR count). The molecule has 0 aromatic heterocycles. The second kappa shape index (κ2) is 6.60. The lowest BCUT2D eigenvalue weighted by atomic mass is 10.1. The quantitative estimate of drug-likeness (QED) is 0.919. The number of thioether (sulfide) groups is 1. The monoisotopic (exact) mass is 320 g/mol. The van der Waals surface area contributed by atoms with E-state index in [0.717, 1.165) is 18.0 Å². The third kappa shape index (κ3) is 3.21. The van der Waals surface area contributed by atoms with Crippen LogP contribution in [0.15, 0.2) is 24.3 Å². The van der Waals surface area contributed by atoms with E-state index in [1.165, 1.54) is 5.56 Å². The van der Waals surface area contributed by atoms with Crippen molar-refractivity contribution >= 4 is 23.6 Å². The van der Waals surface area contributed by atoms with Gasteiger partial charge in [0, 0.05) is 30.5 Å². The normalized spacial score (nSPS) is 25.0. The Labute approximate surface area is 134 Å². The molecule has 0 aliphatic carbocycles. The molecule has 2 amide bonds. The molecule has 2 heterocycles. The molecule has 1 aromatic carbocycles. The minimum Gasteiger partial charge on any atom is -0.497 e. The summed E-state index contributed by atoms with van der Waals surface area (Å²) in [6.07, 6.45) is 1.08. The van der Waals surface area contributed by atoms with E-state index in [0.29, 0.717) is 19.4 Å². The fraction of sp³-hybridized carbons (Fsp3) is 0.500. The van der Waals surface area contributed by atoms with Crippen LogP contribution in [0.2, 0.25) is 0 Å². The highest BCUT2D eigenvalue weighted by Crippen LogP contribution is 2.34. The highest BCUT2D eigenvalue weighted by molar-refractivity contribution is 7.99. The molecule has 1 aromatic rings. The van der Waals surface area contributed by atoms with Crippen molar-refractivity contribution in [1.82, 2.24) is 10.2 Å². The van der Waals surface area contributed by atoms with Crippen molar-refractivity contribution in [3.8, 4) is 5.75 Å². The topological polar surface area (TPSA) is 58.6 Å². The Morgan fingerprint density at radius 1 is 1.36 bits per heavy atom. The number of nitrogens with one attached hydrogen (secondary N) is 1. The number of methoxy groups -OCH3 is 1. The Morgan fingerprint density at radius 3 is 2.77 bits per heavy atom. The highest BCUT2D eigenvalue weighted by atomic mass is 32.2. The molecule has 0 bridgehead atoms. The third-order valence-corrected chi connectivity index (χ3v) is 5.40. The van der Waals surface area contributed by atoms with Crippen LogP contribution in [0.3, 0.4) is 0 Å². The van der Waals surface area contributed by atoms with Crippen molar-refractivity contribution < 1.29 is 14.3 Å². The van der Waals surface area contributed by atoms with Crippen LogP contribution in [0.5, 0.6) is 5.75 Å². The molecule has 22 heavy (non-hydrogen) atoms. The molecule has 2 atom stereocenters. The summed E-state index contributed by atoms with van der Waals surface area (Å²) in [5, 5.41) is 3.05. The lowest BCUT2D eigenvalue weighted by molar-refractivity contribution is -0.134. The van der Waals surface area contributed by atoms with E-state index in [2.05, 4.69) is 17.4 Å². The Kier molecular flexibility index (Phi) is 4.57. The van der Waals surface area contributed by atoms with Gasteiger partial charge in [-0.3, -0.25) is 9.59 Å². The number of carbonyl (C=O) groups is 2. The Morgan fingerprint density at radius 2 is 2.14 bits per heavy atom. The molecular weight excluding hydrogens is 300 g/mol. The van der Waals surface area contributed by atoms with Gasteiger partial charge in [-0.05, 0) is 24.1 Å². The standard InChI is InChI=1S/C16H20N2O3S/c1-21-12-4-2-11(3-5-12)14-10-18(8-9-22-14)16(20)13-6-7-15(19)17-13/h2-5,13-14H,6-10H2,1H3,(H,17,19). The fourth-order valence-corrected chi connectivity index (χ4v) is 4.13. The van der Waals surface area contributed by atoms with Crippen LogP contribution in [0.1, 0.15) is 23.7 Å². The van der Waals surface area contributed by atoms with Gasteiger partial charge in [-0.15, -0.1) is 0 Å². The smallest absolute Gasteiger partial charge is 0.245 e. The number of hydrogen-bond donors (Lipinski definition) is 1. The molecule has 2 aliphatic heterocycles. The fourth-order valence-electron chi connectivity index (χ4n) is 2.89. The first kappa shape index (κ1) is 15.2. The number of nitrogens with zero attached hydrogens (tertiary/aromatic N) is 1. The third-order valence-electron chi connectivity index (χ3n) is 4.16. The number of hydrogen-bond acceptors (Lipinski definition) is 4. The van der Waals surface area contributed by atoms with Gasteiger partial charge in [0.1, 0.15) is 11.8 Å². The lowest BCUT2D eigenvalue weighted by Gasteiger charge is -2.34. The minimum absolute atomic E-state index is 0.0172. The highest BCUT2D eigenvalue weighted by Gasteiger charge is 2.33. The zero-order chi connectivity index (χ0) is 15.5. The van der Waals surface area contributed by atoms with Gasteiger partial charge in [0.05, 0.1) is 7.11 Å². The first-order valence-corrected chi connectivity index (χ1v) is 8.56. The first-order valence-electron chi connectivity index (χ1n) is 7.51. The molecule has 0 saturated carbocycles. The molecule has 0 spiro atoms. The number of benzene rings is 1. The summed E-state index contributed by atoms with van der Waals surface area (Å²) in [7, 11) is 1.65. The summed E-state index contributed by atoms with van der Waals surface area (Å²) in [4.78, 5) is 25.7. The molecule has 1 N–H and O–H groups in total. The van der Waals surface area contributed by atoms with Crippen LogP contribution < -0.4 is 10.1 Å². The molecule has 6 heteroatoms. The van der Waals surface area contributed by atoms with Crippen molar-refractivity contribution in [2.24, 2.45) is 0 Å². The van der Waals surface area contributed by atoms with Crippen LogP contribution >= 0.6 is 11.8 Å². The van der Waals surface area contributed by atoms with Gasteiger partial charge in [-0.2, -0.15) is 11.8 Å². The van der Waals surface area contributed by atoms with Crippen LogP contribution in [0.25, 0.3) is 0 Å². The average molecular weight is 320 g/mol. The van der Waals surface area contributed by atoms with Crippen molar-refractivity contribution in [2.45, 2.75) is 24.1 Å². The SMILES string of the molecule is COc1ccc(C2CN(C(=O)C3CCC(=O)N3)CCS2)cc1. The zero-order valence-electron chi connectivity index (χ0n) is 12.6. The van der Waals surface area contributed by atoms with Gasteiger partial charge in [0.15, 0.2) is 0 Å². The number of ether oxygens (including phenoxy) is 1. The summed E-state index contributed by atoms with van der Waals surface area (Å²) in [6, 6.07) is 7.69. The van der Waals surface area contributed by atoms with E-state index in [1.54, 1.807) is 7.11 Å². The van der Waals surface area contributed by atoms with Crippen molar-refractivity contribution in [2.75, 3.05) is 26.0 Å². The maximum absolute atomic E-state index is 12.5. The zero-order valence-corrected chi connectivity index (χ0v) is 13.4. The summed E-state index contributed by atoms with van der Waals surface area (Å²) < 4.78 is 5.18. The molecule has 0 radical (unpaired) electrons. The van der Waals surface area contributed by atoms with Crippen molar-refractivity contribution in [3.63, 3.8) is 0 Å². The van der Waals surface area contributed by atoms with Gasteiger partial charge in [-0.1, -0.05) is 12.1 Å². The summed E-state index contributed by atoms with van der Waals surface area (Å²) in [5.41, 5.74) is 1.21. The van der Waals surface area contributed by atoms with Crippen LogP contribution in [-0.4, -0.2) is 48.7 Å². The molecular formula is C16H20N2O3S. The predicted molar refractivity (Wildman–Crippen MR) is 85.9 cm³/mol. The Balaban J connectivity index is 1.65. The number of rotatable bonds is 3. The predicted octanol–water partition coefficient (Wildman–Crippen LogP) is 1.59. The van der Waals surface area contributed by atoms with Gasteiger partial charge < -0.3 is 15.0 Å². The van der Waals surface area contributed by atoms with E-state index in [1.807, 2.05) is 28.8 Å². The maximum Gasteiger partial charge on any atom is 0.245 e. The van der Waals surface area contributed by atoms with Gasteiger partial charge >= 0.3 is 0 Å². The van der Waals surface area contributed by atoms with Crippen LogP contribution in [0, 0.1) is 0 Å². The second-order valence-corrected chi connectivity index (χ2v) is 6.89. The van der Waals surface area contributed by atoms with E-state index in [4.69, 9.17) is 4.74 Å². The van der Waals surface area contributed by atoms with E-state index in [9.17, 15) is 9.59 Å². The Bertz CT molecular complexity index is 561. The summed E-state index contributed by atoms with van der Waals surface area (Å²) >= 11 is 1.87. The van der Waals surface area contributed by atoms with E-state index in [-0.39, 0.29) is 23.1 Å². The molecule has 2 aliphatic rings. The molecule has 118 valence electrons. The summed E-state index contributed by atoms with van der Waals surface area (Å²) in [6.45, 7) is 1.45. The minimum atomic E-state index is -0.327. The van der Waals surface area contributed by atoms with Crippen LogP contribution in [0.4, 0.5) is 0 Å². The molecule has 2 saturated heterocycles. The number of carbonyl (C=O) groups excluding carboxylic acids is 2. The lowest BCUT2D eigenvalue weighted by Crippen LogP contribution is -2.48. The largest absolute Gasteiger partial charge is 0.497 e. The van der Waals surface area contributed by atoms with E-state index >= 15 is 0 Å². The van der Waals surface area contributed by atoms with E-state index < -0.39 is 0 Å². The molecule has 5 nitrogen and oxygen atoms in total. The molecule has 2 fully saturated rings. The number of amides is 2. The first-order chi connectivity index (χ1) is 10.7. The second-order valence-electron chi connectivity index (χ2n) is 5.58. The summed E-state index contributed by atoms with van der Waals surface area (Å²) in [5.74, 6) is 1.80. The Hall–Kier alpha value is -1.69. The van der Waals surface area contributed by atoms with Gasteiger partial charge in [0.25, 0.3) is 0 Å². The van der Waals surface area contributed by atoms with Crippen LogP contribution in [-0.2, 0) is 9.59 Å².